The maximum absolute atomic E-state index is 5.96. The monoisotopic (exact) mass is 276 g/mol. The lowest BCUT2D eigenvalue weighted by molar-refractivity contribution is 0.378. The van der Waals surface area contributed by atoms with Crippen molar-refractivity contribution in [2.24, 2.45) is 0 Å². The van der Waals surface area contributed by atoms with Crippen molar-refractivity contribution in [2.75, 3.05) is 7.11 Å². The van der Waals surface area contributed by atoms with Crippen molar-refractivity contribution in [2.45, 2.75) is 19.8 Å². The molecule has 0 amide bonds. The topological polar surface area (TPSA) is 18.5 Å². The largest absolute Gasteiger partial charge is 0.493 e. The summed E-state index contributed by atoms with van der Waals surface area (Å²) in [6.45, 7) is 4.29. The number of methoxy groups -OCH3 is 1. The summed E-state index contributed by atoms with van der Waals surface area (Å²) in [5, 5.41) is 0.650. The highest BCUT2D eigenvalue weighted by atomic mass is 35.5. The second-order valence-corrected chi connectivity index (χ2v) is 5.06. The van der Waals surface area contributed by atoms with E-state index in [1.165, 1.54) is 5.56 Å². The first kappa shape index (κ1) is 13.8. The van der Waals surface area contributed by atoms with E-state index in [0.29, 0.717) is 28.2 Å². The van der Waals surface area contributed by atoms with E-state index >= 15 is 0 Å². The number of hydrogen-bond donors (Lipinski definition) is 0. The Morgan fingerprint density at radius 2 is 1.79 bits per heavy atom. The van der Waals surface area contributed by atoms with Crippen LogP contribution in [0, 0.1) is 0 Å². The molecule has 0 saturated heterocycles. The number of hydrogen-bond acceptors (Lipinski definition) is 2. The Morgan fingerprint density at radius 1 is 1.00 bits per heavy atom. The minimum atomic E-state index is 0.438. The zero-order chi connectivity index (χ0) is 13.8. The van der Waals surface area contributed by atoms with Crippen LogP contribution >= 0.6 is 11.6 Å². The molecule has 0 aliphatic rings. The van der Waals surface area contributed by atoms with Gasteiger partial charge in [0.15, 0.2) is 11.5 Å². The van der Waals surface area contributed by atoms with Gasteiger partial charge in [-0.05, 0) is 41.8 Å². The summed E-state index contributed by atoms with van der Waals surface area (Å²) in [6.07, 6.45) is 0. The fraction of sp³-hybridized carbons (Fsp3) is 0.250. The van der Waals surface area contributed by atoms with E-state index < -0.39 is 0 Å². The van der Waals surface area contributed by atoms with E-state index in [2.05, 4.69) is 13.8 Å². The van der Waals surface area contributed by atoms with Crippen LogP contribution in [0.1, 0.15) is 25.3 Å². The van der Waals surface area contributed by atoms with Crippen molar-refractivity contribution in [3.05, 3.63) is 53.1 Å². The number of ether oxygens (including phenoxy) is 2. The van der Waals surface area contributed by atoms with E-state index in [4.69, 9.17) is 21.1 Å². The highest BCUT2D eigenvalue weighted by molar-refractivity contribution is 6.30. The highest BCUT2D eigenvalue weighted by Gasteiger charge is 2.09. The van der Waals surface area contributed by atoms with E-state index in [9.17, 15) is 0 Å². The van der Waals surface area contributed by atoms with Crippen LogP contribution in [-0.4, -0.2) is 7.11 Å². The molecular formula is C16H17ClO2. The van der Waals surface area contributed by atoms with Gasteiger partial charge in [0.05, 0.1) is 7.11 Å². The molecule has 2 aromatic rings. The number of rotatable bonds is 4. The normalized spacial score (nSPS) is 10.6. The Kier molecular flexibility index (Phi) is 4.33. The van der Waals surface area contributed by atoms with Crippen molar-refractivity contribution in [1.29, 1.82) is 0 Å². The quantitative estimate of drug-likeness (QED) is 0.758. The third-order valence-electron chi connectivity index (χ3n) is 2.88. The molecule has 100 valence electrons. The van der Waals surface area contributed by atoms with Gasteiger partial charge in [0, 0.05) is 5.02 Å². The summed E-state index contributed by atoms with van der Waals surface area (Å²) in [6, 6.07) is 13.3. The van der Waals surface area contributed by atoms with E-state index in [-0.39, 0.29) is 0 Å². The number of halogens is 1. The Bertz CT molecular complexity index is 564. The molecule has 0 unspecified atom stereocenters. The average molecular weight is 277 g/mol. The summed E-state index contributed by atoms with van der Waals surface area (Å²) >= 11 is 5.96. The predicted molar refractivity (Wildman–Crippen MR) is 78.6 cm³/mol. The minimum absolute atomic E-state index is 0.438. The van der Waals surface area contributed by atoms with E-state index in [1.807, 2.05) is 36.4 Å². The van der Waals surface area contributed by atoms with Gasteiger partial charge in [0.2, 0.25) is 0 Å². The lowest BCUT2D eigenvalue weighted by Crippen LogP contribution is -1.94. The summed E-state index contributed by atoms with van der Waals surface area (Å²) in [4.78, 5) is 0. The molecule has 0 spiro atoms. The Hall–Kier alpha value is -1.67. The first-order valence-electron chi connectivity index (χ1n) is 6.21. The van der Waals surface area contributed by atoms with Crippen LogP contribution in [0.15, 0.2) is 42.5 Å². The third kappa shape index (κ3) is 3.42. The van der Waals surface area contributed by atoms with Crippen molar-refractivity contribution in [3.8, 4) is 17.2 Å². The Morgan fingerprint density at radius 3 is 2.42 bits per heavy atom. The van der Waals surface area contributed by atoms with Crippen LogP contribution in [0.25, 0.3) is 0 Å². The first-order chi connectivity index (χ1) is 9.10. The van der Waals surface area contributed by atoms with Gasteiger partial charge in [-0.2, -0.15) is 0 Å². The lowest BCUT2D eigenvalue weighted by atomic mass is 10.0. The first-order valence-corrected chi connectivity index (χ1v) is 6.59. The maximum atomic E-state index is 5.96. The van der Waals surface area contributed by atoms with Gasteiger partial charge in [0.1, 0.15) is 5.75 Å². The van der Waals surface area contributed by atoms with Gasteiger partial charge in [-0.1, -0.05) is 37.6 Å². The second kappa shape index (κ2) is 5.98. The molecule has 2 aromatic carbocycles. The van der Waals surface area contributed by atoms with Gasteiger partial charge in [-0.25, -0.2) is 0 Å². The Labute approximate surface area is 118 Å². The molecule has 2 rings (SSSR count). The zero-order valence-corrected chi connectivity index (χ0v) is 12.1. The van der Waals surface area contributed by atoms with Crippen molar-refractivity contribution in [3.63, 3.8) is 0 Å². The van der Waals surface area contributed by atoms with Crippen molar-refractivity contribution >= 4 is 11.6 Å². The van der Waals surface area contributed by atoms with Crippen LogP contribution in [0.4, 0.5) is 0 Å². The summed E-state index contributed by atoms with van der Waals surface area (Å²) < 4.78 is 11.2. The molecular weight excluding hydrogens is 260 g/mol. The Balaban J connectivity index is 2.34. The molecule has 0 aliphatic carbocycles. The second-order valence-electron chi connectivity index (χ2n) is 4.62. The van der Waals surface area contributed by atoms with Gasteiger partial charge in [0.25, 0.3) is 0 Å². The molecule has 19 heavy (non-hydrogen) atoms. The number of benzene rings is 2. The van der Waals surface area contributed by atoms with Gasteiger partial charge in [-0.3, -0.25) is 0 Å². The van der Waals surface area contributed by atoms with Crippen LogP contribution in [0.3, 0.4) is 0 Å². The summed E-state index contributed by atoms with van der Waals surface area (Å²) in [5.41, 5.74) is 1.21. The van der Waals surface area contributed by atoms with Crippen LogP contribution in [0.2, 0.25) is 5.02 Å². The van der Waals surface area contributed by atoms with Crippen molar-refractivity contribution in [1.82, 2.24) is 0 Å². The highest BCUT2D eigenvalue weighted by Crippen LogP contribution is 2.34. The van der Waals surface area contributed by atoms with Crippen LogP contribution in [-0.2, 0) is 0 Å². The molecule has 2 nitrogen and oxygen atoms in total. The van der Waals surface area contributed by atoms with E-state index in [0.717, 1.165) is 0 Å². The molecule has 0 aliphatic heterocycles. The molecule has 0 radical (unpaired) electrons. The molecule has 0 fully saturated rings. The molecule has 0 aromatic heterocycles. The van der Waals surface area contributed by atoms with Gasteiger partial charge >= 0.3 is 0 Å². The molecule has 0 saturated carbocycles. The fourth-order valence-electron chi connectivity index (χ4n) is 1.79. The third-order valence-corrected chi connectivity index (χ3v) is 3.11. The molecule has 3 heteroatoms. The molecule has 0 N–H and O–H groups in total. The molecule has 0 atom stereocenters. The SMILES string of the molecule is COc1ccc(C(C)C)cc1Oc1cccc(Cl)c1. The molecule has 0 bridgehead atoms. The van der Waals surface area contributed by atoms with Gasteiger partial charge < -0.3 is 9.47 Å². The maximum Gasteiger partial charge on any atom is 0.169 e. The standard InChI is InChI=1S/C16H17ClO2/c1-11(2)12-7-8-15(18-3)16(9-12)19-14-6-4-5-13(17)10-14/h4-11H,1-3H3. The minimum Gasteiger partial charge on any atom is -0.493 e. The lowest BCUT2D eigenvalue weighted by Gasteiger charge is -2.13. The van der Waals surface area contributed by atoms with Gasteiger partial charge in [-0.15, -0.1) is 0 Å². The predicted octanol–water partition coefficient (Wildman–Crippen LogP) is 5.26. The van der Waals surface area contributed by atoms with E-state index in [1.54, 1.807) is 13.2 Å². The molecule has 0 heterocycles. The smallest absolute Gasteiger partial charge is 0.169 e. The summed E-state index contributed by atoms with van der Waals surface area (Å²) in [7, 11) is 1.63. The zero-order valence-electron chi connectivity index (χ0n) is 11.3. The van der Waals surface area contributed by atoms with Crippen molar-refractivity contribution < 1.29 is 9.47 Å². The van der Waals surface area contributed by atoms with Crippen LogP contribution < -0.4 is 9.47 Å². The fourth-order valence-corrected chi connectivity index (χ4v) is 1.97. The average Bonchev–Trinajstić information content (AvgIpc) is 2.38. The summed E-state index contributed by atoms with van der Waals surface area (Å²) in [5.74, 6) is 2.56. The van der Waals surface area contributed by atoms with Crippen LogP contribution in [0.5, 0.6) is 17.2 Å².